The molecular weight excluding hydrogens is 304 g/mol. The highest BCUT2D eigenvalue weighted by molar-refractivity contribution is 4.61. The zero-order chi connectivity index (χ0) is 18.4. The molecule has 1 nitrogen and oxygen atoms in total. The maximum absolute atomic E-state index is 9.20. The molecule has 0 spiro atoms. The van der Waals surface area contributed by atoms with E-state index in [0.717, 1.165) is 12.8 Å². The lowest BCUT2D eigenvalue weighted by Crippen LogP contribution is -1.98. The molecule has 0 aliphatic heterocycles. The fourth-order valence-electron chi connectivity index (χ4n) is 3.53. The molecule has 0 aromatic heterocycles. The smallest absolute Gasteiger partial charge is 0.0512 e. The van der Waals surface area contributed by atoms with E-state index in [9.17, 15) is 5.11 Å². The van der Waals surface area contributed by atoms with Crippen molar-refractivity contribution in [2.45, 2.75) is 141 Å². The summed E-state index contributed by atoms with van der Waals surface area (Å²) in [6, 6.07) is 0. The molecule has 149 valence electrons. The van der Waals surface area contributed by atoms with Gasteiger partial charge in [0.25, 0.3) is 0 Å². The summed E-state index contributed by atoms with van der Waals surface area (Å²) in [5.74, 6) is 0. The van der Waals surface area contributed by atoms with E-state index < -0.39 is 0 Å². The Morgan fingerprint density at radius 3 is 1.12 bits per heavy atom. The molecule has 0 aliphatic carbocycles. The zero-order valence-corrected chi connectivity index (χ0v) is 17.3. The number of aliphatic hydroxyl groups excluding tert-OH is 1. The van der Waals surface area contributed by atoms with Crippen LogP contribution in [0.25, 0.3) is 0 Å². The average molecular weight is 352 g/mol. The minimum absolute atomic E-state index is 0.106. The maximum Gasteiger partial charge on any atom is 0.0512 e. The lowest BCUT2D eigenvalue weighted by atomic mass is 10.0. The van der Waals surface area contributed by atoms with E-state index in [1.165, 1.54) is 116 Å². The van der Waals surface area contributed by atoms with E-state index in [0.29, 0.717) is 0 Å². The number of aliphatic hydroxyl groups is 1. The molecule has 0 amide bonds. The lowest BCUT2D eigenvalue weighted by Gasteiger charge is -2.05. The fraction of sp³-hybridized carbons (Fsp3) is 0.917. The molecule has 0 heterocycles. The first-order valence-electron chi connectivity index (χ1n) is 11.5. The molecule has 1 N–H and O–H groups in total. The van der Waals surface area contributed by atoms with E-state index in [1.54, 1.807) is 6.08 Å². The van der Waals surface area contributed by atoms with Crippen molar-refractivity contribution in [1.29, 1.82) is 0 Å². The van der Waals surface area contributed by atoms with Gasteiger partial charge >= 0.3 is 0 Å². The van der Waals surface area contributed by atoms with Gasteiger partial charge in [0, 0.05) is 0 Å². The number of rotatable bonds is 21. The van der Waals surface area contributed by atoms with Gasteiger partial charge in [-0.3, -0.25) is 0 Å². The van der Waals surface area contributed by atoms with Crippen LogP contribution in [0.4, 0.5) is 0 Å². The third kappa shape index (κ3) is 23.7. The van der Waals surface area contributed by atoms with Crippen LogP contribution in [0.5, 0.6) is 0 Å². The molecule has 0 bridgehead atoms. The van der Waals surface area contributed by atoms with Gasteiger partial charge in [-0.1, -0.05) is 122 Å². The van der Waals surface area contributed by atoms with Crippen LogP contribution >= 0.6 is 0 Å². The molecule has 0 rings (SSSR count). The van der Waals surface area contributed by atoms with Crippen LogP contribution in [0.3, 0.4) is 0 Å². The molecular formula is C24H47O. The summed E-state index contributed by atoms with van der Waals surface area (Å²) in [7, 11) is 0. The normalized spacial score (nSPS) is 12.4. The number of hydrogen-bond acceptors (Lipinski definition) is 1. The zero-order valence-electron chi connectivity index (χ0n) is 17.3. The van der Waals surface area contributed by atoms with Gasteiger partial charge < -0.3 is 5.11 Å². The molecule has 0 aromatic carbocycles. The Morgan fingerprint density at radius 1 is 0.560 bits per heavy atom. The molecule has 0 aromatic rings. The molecule has 0 aliphatic rings. The van der Waals surface area contributed by atoms with Crippen LogP contribution < -0.4 is 0 Å². The predicted molar refractivity (Wildman–Crippen MR) is 113 cm³/mol. The summed E-state index contributed by atoms with van der Waals surface area (Å²) in [5, 5.41) is 9.20. The van der Waals surface area contributed by atoms with Crippen LogP contribution in [-0.2, 0) is 0 Å². The highest BCUT2D eigenvalue weighted by Gasteiger charge is 1.97. The summed E-state index contributed by atoms with van der Waals surface area (Å²) in [4.78, 5) is 0. The second-order valence-corrected chi connectivity index (χ2v) is 8.03. The van der Waals surface area contributed by atoms with Crippen molar-refractivity contribution in [2.24, 2.45) is 0 Å². The first-order valence-corrected chi connectivity index (χ1v) is 11.5. The summed E-state index contributed by atoms with van der Waals surface area (Å²) >= 11 is 0. The number of hydrogen-bond donors (Lipinski definition) is 1. The number of unbranched alkanes of at least 4 members (excludes halogenated alkanes) is 18. The van der Waals surface area contributed by atoms with Crippen LogP contribution in [0.1, 0.15) is 135 Å². The van der Waals surface area contributed by atoms with Crippen LogP contribution in [0, 0.1) is 6.58 Å². The summed E-state index contributed by atoms with van der Waals surface area (Å²) in [6.45, 7) is 7.28. The second kappa shape index (κ2) is 21.7. The first-order chi connectivity index (χ1) is 12.3. The van der Waals surface area contributed by atoms with Gasteiger partial charge in [0.15, 0.2) is 0 Å². The Bertz CT molecular complexity index is 246. The molecule has 1 heteroatoms. The Kier molecular flexibility index (Phi) is 21.5. The van der Waals surface area contributed by atoms with E-state index in [1.807, 2.05) is 6.92 Å². The van der Waals surface area contributed by atoms with Gasteiger partial charge in [0.2, 0.25) is 0 Å². The maximum atomic E-state index is 9.20. The molecule has 1 unspecified atom stereocenters. The van der Waals surface area contributed by atoms with Gasteiger partial charge in [-0.05, 0) is 26.2 Å². The van der Waals surface area contributed by atoms with Crippen molar-refractivity contribution in [3.8, 4) is 0 Å². The van der Waals surface area contributed by atoms with E-state index in [2.05, 4.69) is 0 Å². The fourth-order valence-corrected chi connectivity index (χ4v) is 3.53. The minimum Gasteiger partial charge on any atom is -0.393 e. The van der Waals surface area contributed by atoms with Crippen LogP contribution in [-0.4, -0.2) is 11.2 Å². The largest absolute Gasteiger partial charge is 0.393 e. The number of allylic oxidation sites excluding steroid dienone is 1. The molecule has 25 heavy (non-hydrogen) atoms. The van der Waals surface area contributed by atoms with E-state index in [4.69, 9.17) is 6.58 Å². The average Bonchev–Trinajstić information content (AvgIpc) is 2.60. The lowest BCUT2D eigenvalue weighted by molar-refractivity contribution is 0.180. The van der Waals surface area contributed by atoms with E-state index in [-0.39, 0.29) is 6.10 Å². The van der Waals surface area contributed by atoms with Gasteiger partial charge in [-0.25, -0.2) is 0 Å². The quantitative estimate of drug-likeness (QED) is 0.207. The van der Waals surface area contributed by atoms with Crippen LogP contribution in [0.2, 0.25) is 0 Å². The standard InChI is InChI=1S/C24H47O/c1-3-4-5-6-7-8-9-10-11-12-13-14-15-16-17-18-19-20-21-22-23-24(2)25/h1,3,24-25H,4-23H2,2H3. The monoisotopic (exact) mass is 351 g/mol. The third-order valence-corrected chi connectivity index (χ3v) is 5.24. The topological polar surface area (TPSA) is 20.2 Å². The minimum atomic E-state index is -0.106. The SMILES string of the molecule is [CH]=CCCCCCCCCCCCCCCCCCCCCC(C)O. The van der Waals surface area contributed by atoms with Gasteiger partial charge in [-0.2, -0.15) is 0 Å². The van der Waals surface area contributed by atoms with Crippen molar-refractivity contribution in [3.63, 3.8) is 0 Å². The van der Waals surface area contributed by atoms with Gasteiger partial charge in [0.1, 0.15) is 0 Å². The van der Waals surface area contributed by atoms with Crippen molar-refractivity contribution < 1.29 is 5.11 Å². The molecule has 0 saturated carbocycles. The van der Waals surface area contributed by atoms with Crippen molar-refractivity contribution in [3.05, 3.63) is 12.7 Å². The molecule has 0 fully saturated rings. The second-order valence-electron chi connectivity index (χ2n) is 8.03. The molecule has 1 atom stereocenters. The summed E-state index contributed by atoms with van der Waals surface area (Å²) < 4.78 is 0. The van der Waals surface area contributed by atoms with Crippen LogP contribution in [0.15, 0.2) is 6.08 Å². The van der Waals surface area contributed by atoms with Gasteiger partial charge in [-0.15, -0.1) is 0 Å². The summed E-state index contributed by atoms with van der Waals surface area (Å²) in [6.07, 6.45) is 28.9. The molecule has 0 saturated heterocycles. The van der Waals surface area contributed by atoms with Crippen molar-refractivity contribution >= 4 is 0 Å². The highest BCUT2D eigenvalue weighted by Crippen LogP contribution is 2.15. The van der Waals surface area contributed by atoms with Crippen molar-refractivity contribution in [1.82, 2.24) is 0 Å². The van der Waals surface area contributed by atoms with Gasteiger partial charge in [0.05, 0.1) is 6.10 Å². The van der Waals surface area contributed by atoms with E-state index >= 15 is 0 Å². The highest BCUT2D eigenvalue weighted by atomic mass is 16.3. The van der Waals surface area contributed by atoms with Crippen molar-refractivity contribution in [2.75, 3.05) is 0 Å². The molecule has 1 radical (unpaired) electrons. The Hall–Kier alpha value is -0.300. The summed E-state index contributed by atoms with van der Waals surface area (Å²) in [5.41, 5.74) is 0. The Labute approximate surface area is 159 Å². The predicted octanol–water partition coefficient (Wildman–Crippen LogP) is 8.16. The first kappa shape index (κ1) is 24.7. The Balaban J connectivity index is 2.97. The third-order valence-electron chi connectivity index (χ3n) is 5.24. The Morgan fingerprint density at radius 2 is 0.840 bits per heavy atom.